The second kappa shape index (κ2) is 11.5. The molecule has 4 rings (SSSR count). The van der Waals surface area contributed by atoms with Crippen LogP contribution in [0.5, 0.6) is 0 Å². The van der Waals surface area contributed by atoms with E-state index in [1.807, 2.05) is 75.3 Å². The van der Waals surface area contributed by atoms with Gasteiger partial charge in [0.15, 0.2) is 0 Å². The van der Waals surface area contributed by atoms with Gasteiger partial charge in [-0.1, -0.05) is 12.2 Å². The van der Waals surface area contributed by atoms with Crippen molar-refractivity contribution in [1.29, 1.82) is 0 Å². The molecule has 2 unspecified atom stereocenters. The average Bonchev–Trinajstić information content (AvgIpc) is 3.55. The van der Waals surface area contributed by atoms with Crippen molar-refractivity contribution in [1.82, 2.24) is 0 Å². The molecule has 2 atom stereocenters. The van der Waals surface area contributed by atoms with E-state index in [0.717, 1.165) is 30.2 Å². The zero-order valence-corrected chi connectivity index (χ0v) is 25.0. The average molecular weight is 532 g/mol. The number of rotatable bonds is 6. The van der Waals surface area contributed by atoms with Crippen LogP contribution in [0.15, 0.2) is 23.1 Å². The van der Waals surface area contributed by atoms with Crippen LogP contribution in [0.2, 0.25) is 0 Å². The summed E-state index contributed by atoms with van der Waals surface area (Å²) in [5, 5.41) is 0. The highest BCUT2D eigenvalue weighted by atomic mass is 16.7. The molecule has 0 aromatic rings. The van der Waals surface area contributed by atoms with E-state index in [0.29, 0.717) is 19.6 Å². The maximum absolute atomic E-state index is 11.7. The summed E-state index contributed by atoms with van der Waals surface area (Å²) in [6, 6.07) is 0. The Bertz CT molecular complexity index is 921. The minimum atomic E-state index is -0.333. The van der Waals surface area contributed by atoms with E-state index in [9.17, 15) is 9.59 Å². The van der Waals surface area contributed by atoms with Crippen molar-refractivity contribution in [2.24, 2.45) is 11.8 Å². The van der Waals surface area contributed by atoms with Gasteiger partial charge in [-0.2, -0.15) is 0 Å². The summed E-state index contributed by atoms with van der Waals surface area (Å²) in [6.45, 7) is 20.8. The van der Waals surface area contributed by atoms with Gasteiger partial charge in [0.1, 0.15) is 0 Å². The van der Waals surface area contributed by atoms with Crippen LogP contribution in [0.1, 0.15) is 94.9 Å². The first-order valence-corrected chi connectivity index (χ1v) is 14.0. The molecule has 2 saturated heterocycles. The monoisotopic (exact) mass is 532 g/mol. The molecule has 212 valence electrons. The zero-order valence-electron chi connectivity index (χ0n) is 25.0. The van der Waals surface area contributed by atoms with Crippen LogP contribution in [-0.4, -0.2) is 61.8 Å². The molecule has 0 radical (unpaired) electrons. The molecule has 2 heterocycles. The standard InChI is InChI=1S/2C14H23BO4/c2*1-6-17-12(16)10-7-8-11(9-10)15-18-13(2,3)14(4,5)19-15/h9-10H,6-8H2,1-5H3;8,10H,6-7,9H2,1-5H3. The molecule has 2 aliphatic heterocycles. The van der Waals surface area contributed by atoms with E-state index in [1.54, 1.807) is 0 Å². The van der Waals surface area contributed by atoms with Crippen LogP contribution >= 0.6 is 0 Å². The molecule has 2 aliphatic carbocycles. The Morgan fingerprint density at radius 2 is 1.24 bits per heavy atom. The van der Waals surface area contributed by atoms with E-state index in [1.165, 1.54) is 0 Å². The number of carbonyl (C=O) groups excluding carboxylic acids is 2. The topological polar surface area (TPSA) is 89.5 Å². The fourth-order valence-electron chi connectivity index (χ4n) is 4.74. The van der Waals surface area contributed by atoms with E-state index < -0.39 is 0 Å². The first-order chi connectivity index (χ1) is 17.5. The third kappa shape index (κ3) is 6.57. The molecular formula is C28H46B2O8. The molecule has 2 fully saturated rings. The summed E-state index contributed by atoms with van der Waals surface area (Å²) in [5.74, 6) is -0.484. The highest BCUT2D eigenvalue weighted by molar-refractivity contribution is 6.55. The number of carbonyl (C=O) groups is 2. The molecule has 4 aliphatic rings. The quantitative estimate of drug-likeness (QED) is 0.348. The molecular weight excluding hydrogens is 486 g/mol. The first kappa shape index (κ1) is 30.9. The maximum Gasteiger partial charge on any atom is 0.490 e. The molecule has 0 saturated carbocycles. The Morgan fingerprint density at radius 1 is 0.789 bits per heavy atom. The van der Waals surface area contributed by atoms with Gasteiger partial charge < -0.3 is 28.1 Å². The van der Waals surface area contributed by atoms with Crippen LogP contribution in [0.4, 0.5) is 0 Å². The number of hydrogen-bond donors (Lipinski definition) is 0. The SMILES string of the molecule is CCOC(=O)C1C=C(B2OC(C)(C)C(C)(C)O2)CC1.CCOC(=O)C1CC=C(B2OC(C)(C)C(C)(C)O2)C1. The Morgan fingerprint density at radius 3 is 1.71 bits per heavy atom. The minimum absolute atomic E-state index is 0.0750. The van der Waals surface area contributed by atoms with Gasteiger partial charge in [0.2, 0.25) is 0 Å². The van der Waals surface area contributed by atoms with Crippen LogP contribution in [0.3, 0.4) is 0 Å². The summed E-state index contributed by atoms with van der Waals surface area (Å²) in [5.41, 5.74) is 0.802. The molecule has 0 aromatic carbocycles. The van der Waals surface area contributed by atoms with Crippen LogP contribution in [0.25, 0.3) is 0 Å². The van der Waals surface area contributed by atoms with Crippen LogP contribution in [-0.2, 0) is 37.7 Å². The number of ether oxygens (including phenoxy) is 2. The van der Waals surface area contributed by atoms with Crippen molar-refractivity contribution < 1.29 is 37.7 Å². The Hall–Kier alpha value is -1.61. The highest BCUT2D eigenvalue weighted by Crippen LogP contribution is 2.42. The minimum Gasteiger partial charge on any atom is -0.466 e. The van der Waals surface area contributed by atoms with E-state index >= 15 is 0 Å². The zero-order chi connectivity index (χ0) is 28.5. The Kier molecular flexibility index (Phi) is 9.34. The summed E-state index contributed by atoms with van der Waals surface area (Å²) in [4.78, 5) is 23.4. The third-order valence-corrected chi connectivity index (χ3v) is 8.63. The van der Waals surface area contributed by atoms with Gasteiger partial charge in [-0.05, 0) is 106 Å². The van der Waals surface area contributed by atoms with Crippen molar-refractivity contribution in [3.8, 4) is 0 Å². The number of allylic oxidation sites excluding steroid dienone is 3. The highest BCUT2D eigenvalue weighted by Gasteiger charge is 2.54. The second-order valence-electron chi connectivity index (χ2n) is 12.5. The van der Waals surface area contributed by atoms with Gasteiger partial charge in [0, 0.05) is 0 Å². The van der Waals surface area contributed by atoms with Crippen molar-refractivity contribution in [2.45, 2.75) is 117 Å². The lowest BCUT2D eigenvalue weighted by atomic mass is 9.77. The van der Waals surface area contributed by atoms with Crippen molar-refractivity contribution in [3.63, 3.8) is 0 Å². The number of hydrogen-bond acceptors (Lipinski definition) is 8. The van der Waals surface area contributed by atoms with Gasteiger partial charge >= 0.3 is 26.2 Å². The normalized spacial score (nSPS) is 28.4. The lowest BCUT2D eigenvalue weighted by molar-refractivity contribution is -0.148. The fraction of sp³-hybridized carbons (Fsp3) is 0.786. The number of esters is 2. The Labute approximate surface area is 229 Å². The molecule has 0 spiro atoms. The van der Waals surface area contributed by atoms with Gasteiger partial charge in [0.25, 0.3) is 0 Å². The van der Waals surface area contributed by atoms with Gasteiger partial charge in [-0.3, -0.25) is 9.59 Å². The van der Waals surface area contributed by atoms with Crippen LogP contribution in [0, 0.1) is 11.8 Å². The largest absolute Gasteiger partial charge is 0.490 e. The lowest BCUT2D eigenvalue weighted by Gasteiger charge is -2.32. The first-order valence-electron chi connectivity index (χ1n) is 14.0. The summed E-state index contributed by atoms with van der Waals surface area (Å²) in [6.07, 6.45) is 7.04. The maximum atomic E-state index is 11.7. The molecule has 0 amide bonds. The fourth-order valence-corrected chi connectivity index (χ4v) is 4.74. The Balaban J connectivity index is 0.000000211. The molecule has 0 bridgehead atoms. The molecule has 0 N–H and O–H groups in total. The predicted molar refractivity (Wildman–Crippen MR) is 147 cm³/mol. The van der Waals surface area contributed by atoms with E-state index in [4.69, 9.17) is 28.1 Å². The summed E-state index contributed by atoms with van der Waals surface area (Å²) >= 11 is 0. The predicted octanol–water partition coefficient (Wildman–Crippen LogP) is 5.03. The van der Waals surface area contributed by atoms with E-state index in [-0.39, 0.29) is 60.4 Å². The van der Waals surface area contributed by atoms with E-state index in [2.05, 4.69) is 6.08 Å². The third-order valence-electron chi connectivity index (χ3n) is 8.63. The van der Waals surface area contributed by atoms with Crippen molar-refractivity contribution in [2.75, 3.05) is 13.2 Å². The van der Waals surface area contributed by atoms with Crippen LogP contribution < -0.4 is 0 Å². The summed E-state index contributed by atoms with van der Waals surface area (Å²) < 4.78 is 34.1. The van der Waals surface area contributed by atoms with Gasteiger partial charge in [0.05, 0.1) is 47.5 Å². The van der Waals surface area contributed by atoms with Gasteiger partial charge in [-0.25, -0.2) is 0 Å². The lowest BCUT2D eigenvalue weighted by Crippen LogP contribution is -2.41. The molecule has 10 heteroatoms. The molecule has 8 nitrogen and oxygen atoms in total. The second-order valence-corrected chi connectivity index (χ2v) is 12.5. The smallest absolute Gasteiger partial charge is 0.466 e. The van der Waals surface area contributed by atoms with Crippen molar-refractivity contribution in [3.05, 3.63) is 23.1 Å². The van der Waals surface area contributed by atoms with Crippen molar-refractivity contribution >= 4 is 26.2 Å². The molecule has 38 heavy (non-hydrogen) atoms. The molecule has 0 aromatic heterocycles. The van der Waals surface area contributed by atoms with Gasteiger partial charge in [-0.15, -0.1) is 0 Å². The summed E-state index contributed by atoms with van der Waals surface area (Å²) in [7, 11) is -0.658.